The van der Waals surface area contributed by atoms with Crippen molar-refractivity contribution in [1.29, 1.82) is 0 Å². The summed E-state index contributed by atoms with van der Waals surface area (Å²) in [7, 11) is 1.62. The molecule has 0 saturated carbocycles. The first-order valence-electron chi connectivity index (χ1n) is 4.36. The molecule has 1 rings (SSSR count). The van der Waals surface area contributed by atoms with Gasteiger partial charge in [-0.15, -0.1) is 0 Å². The first kappa shape index (κ1) is 13.7. The van der Waals surface area contributed by atoms with Crippen LogP contribution in [0.15, 0.2) is 24.3 Å². The fourth-order valence-corrected chi connectivity index (χ4v) is 1.02. The molecule has 0 aliphatic heterocycles. The first-order chi connectivity index (χ1) is 6.76. The van der Waals surface area contributed by atoms with Crippen molar-refractivity contribution in [3.63, 3.8) is 0 Å². The van der Waals surface area contributed by atoms with Gasteiger partial charge < -0.3 is 28.2 Å². The van der Waals surface area contributed by atoms with Gasteiger partial charge in [0.05, 0.1) is 13.7 Å². The Hall–Kier alpha value is -1.26. The van der Waals surface area contributed by atoms with Gasteiger partial charge in [-0.3, -0.25) is 4.79 Å². The smallest absolute Gasteiger partial charge is 0.234 e. The molecule has 0 saturated heterocycles. The molecule has 15 heavy (non-hydrogen) atoms. The maximum atomic E-state index is 10.8. The molecule has 84 valence electrons. The lowest BCUT2D eigenvalue weighted by Gasteiger charge is -2.04. The Labute approximate surface area is 95.2 Å². The van der Waals surface area contributed by atoms with Gasteiger partial charge in [0, 0.05) is 6.54 Å². The summed E-state index contributed by atoms with van der Waals surface area (Å²) in [6.45, 7) is 0.524. The van der Waals surface area contributed by atoms with Gasteiger partial charge in [0.15, 0.2) is 0 Å². The number of hydrogen-bond acceptors (Lipinski definition) is 3. The van der Waals surface area contributed by atoms with Crippen LogP contribution in [-0.2, 0) is 11.3 Å². The molecule has 0 aliphatic rings. The number of carbonyl (C=O) groups excluding carboxylic acids is 1. The fourth-order valence-electron chi connectivity index (χ4n) is 1.02. The second-order valence-electron chi connectivity index (χ2n) is 2.83. The van der Waals surface area contributed by atoms with E-state index in [1.54, 1.807) is 7.11 Å². The van der Waals surface area contributed by atoms with Gasteiger partial charge >= 0.3 is 0 Å². The minimum absolute atomic E-state index is 0. The van der Waals surface area contributed by atoms with Crippen LogP contribution in [0, 0.1) is 0 Å². The molecule has 1 aromatic rings. The molecule has 4 nitrogen and oxygen atoms in total. The van der Waals surface area contributed by atoms with Crippen molar-refractivity contribution in [1.82, 2.24) is 5.32 Å². The normalized spacial score (nSPS) is 8.93. The summed E-state index contributed by atoms with van der Waals surface area (Å²) < 4.78 is 5.01. The van der Waals surface area contributed by atoms with E-state index in [4.69, 9.17) is 10.5 Å². The average Bonchev–Trinajstić information content (AvgIpc) is 2.26. The van der Waals surface area contributed by atoms with Crippen LogP contribution in [0.4, 0.5) is 0 Å². The Kier molecular flexibility index (Phi) is 6.49. The summed E-state index contributed by atoms with van der Waals surface area (Å²) in [5.74, 6) is 0.653. The van der Waals surface area contributed by atoms with E-state index in [1.807, 2.05) is 24.3 Å². The molecule has 0 fully saturated rings. The van der Waals surface area contributed by atoms with Crippen molar-refractivity contribution in [3.05, 3.63) is 29.8 Å². The molecule has 0 bridgehead atoms. The van der Waals surface area contributed by atoms with Crippen LogP contribution < -0.4 is 28.2 Å². The molecule has 1 amide bonds. The maximum absolute atomic E-state index is 10.8. The largest absolute Gasteiger partial charge is 1.00 e. The van der Waals surface area contributed by atoms with Crippen LogP contribution in [-0.4, -0.2) is 19.6 Å². The summed E-state index contributed by atoms with van der Waals surface area (Å²) in [6.07, 6.45) is 0. The zero-order chi connectivity index (χ0) is 10.4. The molecule has 0 aliphatic carbocycles. The fraction of sp³-hybridized carbons (Fsp3) is 0.300. The lowest BCUT2D eigenvalue weighted by Crippen LogP contribution is -3.00. The van der Waals surface area contributed by atoms with Gasteiger partial charge in [-0.05, 0) is 17.7 Å². The Morgan fingerprint density at radius 3 is 2.47 bits per heavy atom. The molecular formula is C10H14ClN2O2-. The van der Waals surface area contributed by atoms with Gasteiger partial charge in [-0.1, -0.05) is 12.1 Å². The third-order valence-electron chi connectivity index (χ3n) is 1.83. The third kappa shape index (κ3) is 4.67. The number of ether oxygens (including phenoxy) is 1. The van der Waals surface area contributed by atoms with E-state index in [0.717, 1.165) is 11.3 Å². The highest BCUT2D eigenvalue weighted by Gasteiger charge is 1.97. The highest BCUT2D eigenvalue weighted by Crippen LogP contribution is 2.10. The molecule has 0 heterocycles. The second kappa shape index (κ2) is 7.09. The van der Waals surface area contributed by atoms with Crippen LogP contribution >= 0.6 is 0 Å². The average molecular weight is 230 g/mol. The molecule has 1 aromatic carbocycles. The number of nitrogens with two attached hydrogens (primary N) is 1. The number of nitrogens with one attached hydrogen (secondary N) is 1. The molecular weight excluding hydrogens is 216 g/mol. The van der Waals surface area contributed by atoms with Gasteiger partial charge in [0.1, 0.15) is 5.75 Å². The summed E-state index contributed by atoms with van der Waals surface area (Å²) in [5.41, 5.74) is 6.17. The number of benzene rings is 1. The zero-order valence-corrected chi connectivity index (χ0v) is 9.25. The molecule has 0 aromatic heterocycles. The monoisotopic (exact) mass is 229 g/mol. The Bertz CT molecular complexity index is 301. The van der Waals surface area contributed by atoms with E-state index in [1.165, 1.54) is 0 Å². The van der Waals surface area contributed by atoms with E-state index in [2.05, 4.69) is 5.32 Å². The maximum Gasteiger partial charge on any atom is 0.234 e. The van der Waals surface area contributed by atoms with Gasteiger partial charge in [0.2, 0.25) is 5.91 Å². The first-order valence-corrected chi connectivity index (χ1v) is 4.36. The summed E-state index contributed by atoms with van der Waals surface area (Å²) in [6, 6.07) is 7.50. The van der Waals surface area contributed by atoms with Crippen molar-refractivity contribution in [3.8, 4) is 5.75 Å². The van der Waals surface area contributed by atoms with Gasteiger partial charge in [-0.25, -0.2) is 0 Å². The van der Waals surface area contributed by atoms with Crippen LogP contribution in [0.1, 0.15) is 5.56 Å². The van der Waals surface area contributed by atoms with E-state index >= 15 is 0 Å². The Morgan fingerprint density at radius 2 is 2.00 bits per heavy atom. The second-order valence-corrected chi connectivity index (χ2v) is 2.83. The highest BCUT2D eigenvalue weighted by molar-refractivity contribution is 5.77. The SMILES string of the molecule is COc1ccc(CNC(=O)CN)cc1.[Cl-]. The Morgan fingerprint density at radius 1 is 1.40 bits per heavy atom. The third-order valence-corrected chi connectivity index (χ3v) is 1.83. The van der Waals surface area contributed by atoms with E-state index in [9.17, 15) is 4.79 Å². The van der Waals surface area contributed by atoms with Gasteiger partial charge in [-0.2, -0.15) is 0 Å². The number of hydrogen-bond donors (Lipinski definition) is 2. The predicted molar refractivity (Wildman–Crippen MR) is 53.9 cm³/mol. The van der Waals surface area contributed by atoms with Crippen LogP contribution in [0.3, 0.4) is 0 Å². The number of methoxy groups -OCH3 is 1. The predicted octanol–water partition coefficient (Wildman–Crippen LogP) is -2.73. The van der Waals surface area contributed by atoms with Crippen LogP contribution in [0.25, 0.3) is 0 Å². The minimum Gasteiger partial charge on any atom is -1.00 e. The molecule has 3 N–H and O–H groups in total. The van der Waals surface area contributed by atoms with Crippen LogP contribution in [0.2, 0.25) is 0 Å². The lowest BCUT2D eigenvalue weighted by molar-refractivity contribution is -0.119. The molecule has 0 radical (unpaired) electrons. The standard InChI is InChI=1S/C10H14N2O2.ClH/c1-14-9-4-2-8(3-5-9)7-12-10(13)6-11;/h2-5H,6-7,11H2,1H3,(H,12,13);1H/p-1. The highest BCUT2D eigenvalue weighted by atomic mass is 35.5. The van der Waals surface area contributed by atoms with Crippen LogP contribution in [0.5, 0.6) is 5.75 Å². The number of carbonyl (C=O) groups is 1. The number of amides is 1. The summed E-state index contributed by atoms with van der Waals surface area (Å²) in [5, 5.41) is 2.68. The zero-order valence-electron chi connectivity index (χ0n) is 8.50. The minimum atomic E-state index is -0.152. The quantitative estimate of drug-likeness (QED) is 0.590. The summed E-state index contributed by atoms with van der Waals surface area (Å²) in [4.78, 5) is 10.8. The molecule has 0 spiro atoms. The van der Waals surface area contributed by atoms with Crippen molar-refractivity contribution in [2.24, 2.45) is 5.73 Å². The molecule has 5 heteroatoms. The van der Waals surface area contributed by atoms with Crippen molar-refractivity contribution in [2.75, 3.05) is 13.7 Å². The van der Waals surface area contributed by atoms with Crippen molar-refractivity contribution < 1.29 is 21.9 Å². The number of halogens is 1. The van der Waals surface area contributed by atoms with Crippen molar-refractivity contribution >= 4 is 5.91 Å². The topological polar surface area (TPSA) is 64.3 Å². The summed E-state index contributed by atoms with van der Waals surface area (Å²) >= 11 is 0. The van der Waals surface area contributed by atoms with Gasteiger partial charge in [0.25, 0.3) is 0 Å². The van der Waals surface area contributed by atoms with E-state index < -0.39 is 0 Å². The lowest BCUT2D eigenvalue weighted by atomic mass is 10.2. The Balaban J connectivity index is 0.00000196. The molecule has 0 atom stereocenters. The van der Waals surface area contributed by atoms with E-state index in [-0.39, 0.29) is 24.9 Å². The van der Waals surface area contributed by atoms with Crippen molar-refractivity contribution in [2.45, 2.75) is 6.54 Å². The van der Waals surface area contributed by atoms with E-state index in [0.29, 0.717) is 6.54 Å². The molecule has 0 unspecified atom stereocenters. The number of rotatable bonds is 4.